The first kappa shape index (κ1) is 46.5. The SMILES string of the molecule is CC1CC2CC(C)CC(C1)C21c2ccccc2C(c2ccccc2)(c2ccccc2)c2cc(N(c3ccc(-c4ccccc4-c4cccc5sc6ccccc6c45)cc3)c3ccc4c(c3)C(C)(C)c3ccccc3-4)ccc21. The van der Waals surface area contributed by atoms with Crippen molar-refractivity contribution in [1.82, 2.24) is 0 Å². The molecule has 1 heterocycles. The number of rotatable bonds is 7. The van der Waals surface area contributed by atoms with Gasteiger partial charge in [-0.3, -0.25) is 0 Å². The van der Waals surface area contributed by atoms with E-state index in [1.807, 2.05) is 11.3 Å². The topological polar surface area (TPSA) is 3.24 Å². The average Bonchev–Trinajstić information content (AvgIpc) is 4.16. The second kappa shape index (κ2) is 17.6. The summed E-state index contributed by atoms with van der Waals surface area (Å²) in [6.45, 7) is 9.88. The third-order valence-electron chi connectivity index (χ3n) is 19.2. The highest BCUT2D eigenvalue weighted by molar-refractivity contribution is 7.25. The molecule has 4 aliphatic carbocycles. The van der Waals surface area contributed by atoms with Crippen LogP contribution < -0.4 is 4.90 Å². The molecule has 0 N–H and O–H groups in total. The monoisotopic (exact) mass is 1010 g/mol. The fourth-order valence-electron chi connectivity index (χ4n) is 16.3. The number of fused-ring (bicyclic) bond motifs is 8. The van der Waals surface area contributed by atoms with E-state index >= 15 is 0 Å². The second-order valence-electron chi connectivity index (χ2n) is 23.8. The Kier molecular flexibility index (Phi) is 10.7. The fraction of sp³-hybridized carbons (Fsp3) is 0.200. The lowest BCUT2D eigenvalue weighted by atomic mass is 9.41. The predicted octanol–water partition coefficient (Wildman–Crippen LogP) is 20.2. The molecule has 0 atom stereocenters. The molecule has 10 aromatic carbocycles. The summed E-state index contributed by atoms with van der Waals surface area (Å²) in [6.07, 6.45) is 5.03. The van der Waals surface area contributed by atoms with Gasteiger partial charge in [0, 0.05) is 48.1 Å². The van der Waals surface area contributed by atoms with Gasteiger partial charge in [-0.15, -0.1) is 11.3 Å². The molecule has 374 valence electrons. The Morgan fingerprint density at radius 1 is 0.377 bits per heavy atom. The molecule has 11 aromatic rings. The van der Waals surface area contributed by atoms with Gasteiger partial charge < -0.3 is 4.90 Å². The maximum atomic E-state index is 2.66. The van der Waals surface area contributed by atoms with Gasteiger partial charge in [-0.2, -0.15) is 0 Å². The molecule has 4 aliphatic rings. The number of hydrogen-bond donors (Lipinski definition) is 0. The molecular weight excluding hydrogens is 947 g/mol. The van der Waals surface area contributed by atoms with E-state index in [1.165, 1.54) is 130 Å². The van der Waals surface area contributed by atoms with E-state index in [4.69, 9.17) is 0 Å². The highest BCUT2D eigenvalue weighted by atomic mass is 32.1. The Balaban J connectivity index is 0.972. The van der Waals surface area contributed by atoms with E-state index in [1.54, 1.807) is 5.56 Å². The minimum Gasteiger partial charge on any atom is -0.310 e. The highest BCUT2D eigenvalue weighted by Crippen LogP contribution is 2.67. The standard InChI is InChI=1S/C75H63NS/c1-48-42-53-44-49(2)45-54(43-48)75(53)66-31-17-16-30-65(66)74(51-20-7-5-8-21-51,52-22-9-6-10-23-52)69-47-57(39-41-67(69)75)76(56-38-40-61-60-26-13-15-29-64(60)73(3,4)68(61)46-56)55-36-34-50(35-37-55)58-24-11-12-25-59(58)62-28-19-33-71-72(62)63-27-14-18-32-70(63)77-71/h5-41,46-49,53-54H,42-45H2,1-4H3. The van der Waals surface area contributed by atoms with Gasteiger partial charge in [0.15, 0.2) is 0 Å². The van der Waals surface area contributed by atoms with Crippen LogP contribution in [-0.4, -0.2) is 0 Å². The highest BCUT2D eigenvalue weighted by Gasteiger charge is 2.61. The number of thiophene rings is 1. The molecule has 2 heteroatoms. The largest absolute Gasteiger partial charge is 0.310 e. The van der Waals surface area contributed by atoms with E-state index in [0.717, 1.165) is 5.69 Å². The van der Waals surface area contributed by atoms with Crippen molar-refractivity contribution >= 4 is 48.6 Å². The molecule has 77 heavy (non-hydrogen) atoms. The van der Waals surface area contributed by atoms with Crippen LogP contribution in [0.15, 0.2) is 237 Å². The summed E-state index contributed by atoms with van der Waals surface area (Å²) in [6, 6.07) is 91.1. The van der Waals surface area contributed by atoms with E-state index in [0.29, 0.717) is 23.7 Å². The number of benzene rings is 10. The van der Waals surface area contributed by atoms with Crippen molar-refractivity contribution in [3.8, 4) is 33.4 Å². The summed E-state index contributed by atoms with van der Waals surface area (Å²) in [5.41, 5.74) is 21.6. The molecule has 1 nitrogen and oxygen atoms in total. The van der Waals surface area contributed by atoms with Crippen molar-refractivity contribution in [2.45, 2.75) is 69.6 Å². The van der Waals surface area contributed by atoms with E-state index in [9.17, 15) is 0 Å². The lowest BCUT2D eigenvalue weighted by molar-refractivity contribution is 0.0238. The number of nitrogens with zero attached hydrogens (tertiary/aromatic N) is 1. The van der Waals surface area contributed by atoms with E-state index in [-0.39, 0.29) is 10.8 Å². The molecule has 1 spiro atoms. The Morgan fingerprint density at radius 2 is 0.870 bits per heavy atom. The summed E-state index contributed by atoms with van der Waals surface area (Å²) in [7, 11) is 0. The third-order valence-corrected chi connectivity index (χ3v) is 20.4. The van der Waals surface area contributed by atoms with Gasteiger partial charge >= 0.3 is 0 Å². The Morgan fingerprint density at radius 3 is 1.56 bits per heavy atom. The van der Waals surface area contributed by atoms with Crippen molar-refractivity contribution in [2.75, 3.05) is 4.90 Å². The molecule has 1 aromatic heterocycles. The molecule has 2 bridgehead atoms. The molecule has 0 aliphatic heterocycles. The Hall–Kier alpha value is -7.78. The minimum atomic E-state index is -0.573. The predicted molar refractivity (Wildman–Crippen MR) is 325 cm³/mol. The van der Waals surface area contributed by atoms with Crippen molar-refractivity contribution in [1.29, 1.82) is 0 Å². The normalized spacial score (nSPS) is 21.3. The first-order valence-electron chi connectivity index (χ1n) is 28.2. The van der Waals surface area contributed by atoms with Gasteiger partial charge in [0.25, 0.3) is 0 Å². The maximum absolute atomic E-state index is 2.66. The van der Waals surface area contributed by atoms with Gasteiger partial charge in [-0.05, 0) is 176 Å². The molecule has 15 rings (SSSR count). The summed E-state index contributed by atoms with van der Waals surface area (Å²) < 4.78 is 2.65. The molecule has 0 amide bonds. The summed E-state index contributed by atoms with van der Waals surface area (Å²) in [4.78, 5) is 2.58. The van der Waals surface area contributed by atoms with E-state index < -0.39 is 5.41 Å². The number of hydrogen-bond acceptors (Lipinski definition) is 2. The zero-order valence-electron chi connectivity index (χ0n) is 44.5. The molecule has 2 saturated carbocycles. The molecule has 0 saturated heterocycles. The number of anilines is 3. The van der Waals surface area contributed by atoms with Crippen molar-refractivity contribution in [3.63, 3.8) is 0 Å². The van der Waals surface area contributed by atoms with Crippen LogP contribution in [-0.2, 0) is 16.2 Å². The summed E-state index contributed by atoms with van der Waals surface area (Å²) >= 11 is 1.88. The van der Waals surface area contributed by atoms with Gasteiger partial charge in [0.1, 0.15) is 0 Å². The van der Waals surface area contributed by atoms with Crippen LogP contribution in [0.3, 0.4) is 0 Å². The fourth-order valence-corrected chi connectivity index (χ4v) is 17.4. The first-order valence-corrected chi connectivity index (χ1v) is 29.1. The first-order chi connectivity index (χ1) is 37.7. The summed E-state index contributed by atoms with van der Waals surface area (Å²) in [5.74, 6) is 2.51. The molecular formula is C75H63NS. The van der Waals surface area contributed by atoms with Crippen LogP contribution in [0.2, 0.25) is 0 Å². The van der Waals surface area contributed by atoms with Crippen LogP contribution in [0.5, 0.6) is 0 Å². The third kappa shape index (κ3) is 6.77. The molecule has 0 radical (unpaired) electrons. The smallest absolute Gasteiger partial charge is 0.0708 e. The molecule has 2 fully saturated rings. The van der Waals surface area contributed by atoms with Gasteiger partial charge in [0.2, 0.25) is 0 Å². The second-order valence-corrected chi connectivity index (χ2v) is 24.9. The average molecular weight is 1010 g/mol. The van der Waals surface area contributed by atoms with Crippen LogP contribution in [0.4, 0.5) is 17.1 Å². The Bertz CT molecular complexity index is 4020. The lowest BCUT2D eigenvalue weighted by Crippen LogP contribution is -2.56. The quantitative estimate of drug-likeness (QED) is 0.154. The lowest BCUT2D eigenvalue weighted by Gasteiger charge is -2.62. The Labute approximate surface area is 458 Å². The van der Waals surface area contributed by atoms with Crippen LogP contribution >= 0.6 is 11.3 Å². The van der Waals surface area contributed by atoms with Gasteiger partial charge in [0.05, 0.1) is 5.41 Å². The molecule has 0 unspecified atom stereocenters. The van der Waals surface area contributed by atoms with Crippen molar-refractivity contribution < 1.29 is 0 Å². The van der Waals surface area contributed by atoms with Gasteiger partial charge in [-0.1, -0.05) is 216 Å². The van der Waals surface area contributed by atoms with E-state index in [2.05, 4.69) is 269 Å². The maximum Gasteiger partial charge on any atom is 0.0708 e. The van der Waals surface area contributed by atoms with Crippen LogP contribution in [0, 0.1) is 23.7 Å². The zero-order valence-corrected chi connectivity index (χ0v) is 45.3. The summed E-state index contributed by atoms with van der Waals surface area (Å²) in [5, 5.41) is 2.66. The zero-order chi connectivity index (χ0) is 51.6. The van der Waals surface area contributed by atoms with Gasteiger partial charge in [-0.25, -0.2) is 0 Å². The van der Waals surface area contributed by atoms with Crippen molar-refractivity contribution in [3.05, 3.63) is 281 Å². The minimum absolute atomic E-state index is 0.0978. The van der Waals surface area contributed by atoms with Crippen molar-refractivity contribution in [2.24, 2.45) is 23.7 Å². The van der Waals surface area contributed by atoms with Crippen LogP contribution in [0.1, 0.15) is 97.9 Å². The van der Waals surface area contributed by atoms with Crippen LogP contribution in [0.25, 0.3) is 53.6 Å².